The highest BCUT2D eigenvalue weighted by Gasteiger charge is 2.32. The maximum absolute atomic E-state index is 13.7. The van der Waals surface area contributed by atoms with Crippen LogP contribution in [0.3, 0.4) is 0 Å². The van der Waals surface area contributed by atoms with Gasteiger partial charge in [-0.25, -0.2) is 0 Å². The van der Waals surface area contributed by atoms with Gasteiger partial charge in [0.15, 0.2) is 0 Å². The summed E-state index contributed by atoms with van der Waals surface area (Å²) in [6.07, 6.45) is 4.69. The predicted molar refractivity (Wildman–Crippen MR) is 154 cm³/mol. The molecule has 4 rings (SSSR count). The van der Waals surface area contributed by atoms with Crippen LogP contribution in [0.1, 0.15) is 42.4 Å². The molecule has 0 bridgehead atoms. The molecule has 3 aromatic rings. The van der Waals surface area contributed by atoms with Crippen molar-refractivity contribution in [2.24, 2.45) is 0 Å². The lowest BCUT2D eigenvalue weighted by Crippen LogP contribution is -2.52. The third-order valence-corrected chi connectivity index (χ3v) is 8.35. The summed E-state index contributed by atoms with van der Waals surface area (Å²) in [6, 6.07) is 24.7. The van der Waals surface area contributed by atoms with E-state index < -0.39 is 6.04 Å². The Bertz CT molecular complexity index is 1150. The lowest BCUT2D eigenvalue weighted by Gasteiger charge is -2.32. The minimum Gasteiger partial charge on any atom is -0.352 e. The quantitative estimate of drug-likeness (QED) is 0.279. The monoisotopic (exact) mass is 554 g/mol. The average Bonchev–Trinajstić information content (AvgIpc) is 3.42. The van der Waals surface area contributed by atoms with Crippen LogP contribution in [-0.4, -0.2) is 34.6 Å². The van der Waals surface area contributed by atoms with Gasteiger partial charge in [-0.2, -0.15) is 0 Å². The summed E-state index contributed by atoms with van der Waals surface area (Å²) in [5.74, 6) is 0.566. The molecule has 0 radical (unpaired) electrons. The number of hydrogen-bond acceptors (Lipinski definition) is 3. The van der Waals surface area contributed by atoms with E-state index in [1.165, 1.54) is 11.8 Å². The van der Waals surface area contributed by atoms with Gasteiger partial charge in [-0.1, -0.05) is 103 Å². The van der Waals surface area contributed by atoms with Gasteiger partial charge in [0, 0.05) is 34.8 Å². The van der Waals surface area contributed by atoms with Gasteiger partial charge in [-0.05, 0) is 41.7 Å². The van der Waals surface area contributed by atoms with Gasteiger partial charge >= 0.3 is 0 Å². The molecule has 1 atom stereocenters. The molecule has 7 heteroatoms. The van der Waals surface area contributed by atoms with E-state index in [1.54, 1.807) is 17.0 Å². The van der Waals surface area contributed by atoms with Crippen molar-refractivity contribution in [3.63, 3.8) is 0 Å². The number of nitrogens with zero attached hydrogens (tertiary/aromatic N) is 1. The molecule has 37 heavy (non-hydrogen) atoms. The van der Waals surface area contributed by atoms with Crippen molar-refractivity contribution < 1.29 is 9.59 Å². The first-order valence-electron chi connectivity index (χ1n) is 12.7. The Kier molecular flexibility index (Phi) is 10.4. The van der Waals surface area contributed by atoms with Crippen LogP contribution in [0.25, 0.3) is 0 Å². The fraction of sp³-hybridized carbons (Fsp3) is 0.333. The molecular formula is C30H32Cl2N2O2S. The number of amides is 2. The van der Waals surface area contributed by atoms with Crippen LogP contribution in [0.4, 0.5) is 0 Å². The molecule has 194 valence electrons. The molecule has 4 nitrogen and oxygen atoms in total. The molecule has 1 saturated carbocycles. The van der Waals surface area contributed by atoms with Crippen molar-refractivity contribution in [1.82, 2.24) is 10.2 Å². The third kappa shape index (κ3) is 8.00. The van der Waals surface area contributed by atoms with Gasteiger partial charge in [-0.15, -0.1) is 11.8 Å². The van der Waals surface area contributed by atoms with Gasteiger partial charge in [0.05, 0.1) is 5.75 Å². The lowest BCUT2D eigenvalue weighted by atomic mass is 10.0. The van der Waals surface area contributed by atoms with E-state index in [0.29, 0.717) is 28.8 Å². The topological polar surface area (TPSA) is 49.4 Å². The highest BCUT2D eigenvalue weighted by molar-refractivity contribution is 7.99. The van der Waals surface area contributed by atoms with Crippen LogP contribution >= 0.6 is 35.0 Å². The van der Waals surface area contributed by atoms with Crippen molar-refractivity contribution in [3.8, 4) is 0 Å². The zero-order chi connectivity index (χ0) is 26.0. The van der Waals surface area contributed by atoms with Crippen molar-refractivity contribution in [2.75, 3.05) is 5.75 Å². The van der Waals surface area contributed by atoms with Crippen LogP contribution in [0.2, 0.25) is 10.0 Å². The normalized spacial score (nSPS) is 14.3. The highest BCUT2D eigenvalue weighted by atomic mass is 35.5. The number of thioether (sulfide) groups is 1. The van der Waals surface area contributed by atoms with Gasteiger partial charge in [0.2, 0.25) is 11.8 Å². The molecule has 1 aliphatic rings. The fourth-order valence-corrected chi connectivity index (χ4v) is 6.34. The molecule has 0 spiro atoms. The molecule has 0 saturated heterocycles. The first-order chi connectivity index (χ1) is 18.0. The summed E-state index contributed by atoms with van der Waals surface area (Å²) < 4.78 is 0. The van der Waals surface area contributed by atoms with Gasteiger partial charge in [0.1, 0.15) is 6.04 Å². The Morgan fingerprint density at radius 1 is 0.865 bits per heavy atom. The summed E-state index contributed by atoms with van der Waals surface area (Å²) in [4.78, 5) is 29.2. The first kappa shape index (κ1) is 27.6. The van der Waals surface area contributed by atoms with Crippen molar-refractivity contribution in [2.45, 2.75) is 56.5 Å². The minimum atomic E-state index is -0.611. The third-order valence-electron chi connectivity index (χ3n) is 6.70. The van der Waals surface area contributed by atoms with E-state index in [4.69, 9.17) is 23.2 Å². The van der Waals surface area contributed by atoms with Gasteiger partial charge < -0.3 is 10.2 Å². The van der Waals surface area contributed by atoms with Crippen molar-refractivity contribution in [1.29, 1.82) is 0 Å². The Morgan fingerprint density at radius 3 is 2.08 bits per heavy atom. The van der Waals surface area contributed by atoms with Crippen LogP contribution in [0.5, 0.6) is 0 Å². The number of rotatable bonds is 11. The summed E-state index contributed by atoms with van der Waals surface area (Å²) in [7, 11) is 0. The second-order valence-corrected chi connectivity index (χ2v) is 11.2. The van der Waals surface area contributed by atoms with Crippen molar-refractivity contribution >= 4 is 46.8 Å². The number of halogens is 2. The number of carbonyl (C=O) groups excluding carboxylic acids is 2. The number of carbonyl (C=O) groups is 2. The van der Waals surface area contributed by atoms with E-state index in [9.17, 15) is 9.59 Å². The zero-order valence-electron chi connectivity index (χ0n) is 20.7. The van der Waals surface area contributed by atoms with Crippen molar-refractivity contribution in [3.05, 3.63) is 106 Å². The predicted octanol–water partition coefficient (Wildman–Crippen LogP) is 6.93. The van der Waals surface area contributed by atoms with Crippen LogP contribution in [-0.2, 0) is 28.3 Å². The number of hydrogen-bond donors (Lipinski definition) is 1. The molecule has 0 aliphatic heterocycles. The SMILES string of the molecule is O=C(NC1CCCC1)[C@@H](Cc1ccccc1)N(Cc1ccccc1)C(=O)CSCc1c(Cl)cccc1Cl. The van der Waals surface area contributed by atoms with Gasteiger partial charge in [0.25, 0.3) is 0 Å². The molecule has 1 fully saturated rings. The lowest BCUT2D eigenvalue weighted by molar-refractivity contribution is -0.139. The van der Waals surface area contributed by atoms with Gasteiger partial charge in [-0.3, -0.25) is 9.59 Å². The van der Waals surface area contributed by atoms with E-state index >= 15 is 0 Å². The molecule has 0 aromatic heterocycles. The first-order valence-corrected chi connectivity index (χ1v) is 14.6. The molecule has 2 amide bonds. The Labute approximate surface area is 233 Å². The Balaban J connectivity index is 1.56. The molecule has 1 aliphatic carbocycles. The number of nitrogens with one attached hydrogen (secondary N) is 1. The van der Waals surface area contributed by atoms with E-state index in [2.05, 4.69) is 5.32 Å². The summed E-state index contributed by atoms with van der Waals surface area (Å²) in [6.45, 7) is 0.364. The smallest absolute Gasteiger partial charge is 0.243 e. The standard InChI is InChI=1S/C30H32Cl2N2O2S/c31-26-16-9-17-27(32)25(26)20-37-21-29(35)34(19-23-12-5-2-6-13-23)28(18-22-10-3-1-4-11-22)30(36)33-24-14-7-8-15-24/h1-6,9-13,16-17,24,28H,7-8,14-15,18-21H2,(H,33,36)/t28-/m1/s1. The van der Waals surface area contributed by atoms with E-state index in [1.807, 2.05) is 66.7 Å². The maximum atomic E-state index is 13.7. The largest absolute Gasteiger partial charge is 0.352 e. The summed E-state index contributed by atoms with van der Waals surface area (Å²) >= 11 is 14.1. The minimum absolute atomic E-state index is 0.0838. The average molecular weight is 556 g/mol. The van der Waals surface area contributed by atoms with E-state index in [0.717, 1.165) is 42.4 Å². The Morgan fingerprint density at radius 2 is 1.46 bits per heavy atom. The molecular weight excluding hydrogens is 523 g/mol. The van der Waals surface area contributed by atoms with E-state index in [-0.39, 0.29) is 23.6 Å². The van der Waals surface area contributed by atoms with Crippen LogP contribution < -0.4 is 5.32 Å². The molecule has 0 heterocycles. The molecule has 3 aromatic carbocycles. The second kappa shape index (κ2) is 13.9. The van der Waals surface area contributed by atoms with Crippen LogP contribution in [0, 0.1) is 0 Å². The van der Waals surface area contributed by atoms with Crippen LogP contribution in [0.15, 0.2) is 78.9 Å². The Hall–Kier alpha value is -2.47. The fourth-order valence-electron chi connectivity index (χ4n) is 4.70. The maximum Gasteiger partial charge on any atom is 0.243 e. The highest BCUT2D eigenvalue weighted by Crippen LogP contribution is 2.29. The number of benzene rings is 3. The molecule has 1 N–H and O–H groups in total. The summed E-state index contributed by atoms with van der Waals surface area (Å²) in [5.41, 5.74) is 2.83. The summed E-state index contributed by atoms with van der Waals surface area (Å²) in [5, 5.41) is 4.42. The second-order valence-electron chi connectivity index (χ2n) is 9.40. The molecule has 0 unspecified atom stereocenters. The zero-order valence-corrected chi connectivity index (χ0v) is 23.1.